The van der Waals surface area contributed by atoms with Crippen LogP contribution in [0.1, 0.15) is 53.7 Å². The van der Waals surface area contributed by atoms with E-state index in [4.69, 9.17) is 9.47 Å². The highest BCUT2D eigenvalue weighted by Crippen LogP contribution is 2.27. The van der Waals surface area contributed by atoms with Crippen molar-refractivity contribution in [2.75, 3.05) is 13.2 Å². The fraction of sp³-hybridized carbons (Fsp3) is 0.591. The molecule has 0 aliphatic carbocycles. The van der Waals surface area contributed by atoms with Crippen molar-refractivity contribution in [1.29, 1.82) is 0 Å². The van der Waals surface area contributed by atoms with Gasteiger partial charge in [-0.05, 0) is 59.2 Å². The van der Waals surface area contributed by atoms with E-state index in [9.17, 15) is 9.90 Å². The second kappa shape index (κ2) is 8.97. The molecule has 1 atom stereocenters. The molecule has 0 aliphatic rings. The van der Waals surface area contributed by atoms with Crippen molar-refractivity contribution in [1.82, 2.24) is 10.3 Å². The largest absolute Gasteiger partial charge is 0.490 e. The molecule has 2 rings (SSSR count). The molecule has 0 saturated heterocycles. The number of hydrogen-bond donors (Lipinski definition) is 3. The van der Waals surface area contributed by atoms with Crippen LogP contribution in [0.4, 0.5) is 0 Å². The number of nitrogens with one attached hydrogen (secondary N) is 2. The van der Waals surface area contributed by atoms with Crippen LogP contribution in [0.2, 0.25) is 0 Å². The number of β-amino-alcohol motifs (C(OH)–C–C–N with tert-alkyl or cyclic N) is 1. The van der Waals surface area contributed by atoms with Gasteiger partial charge in [-0.15, -0.1) is 0 Å². The van der Waals surface area contributed by atoms with Gasteiger partial charge in [0.1, 0.15) is 25.1 Å². The van der Waals surface area contributed by atoms with Crippen LogP contribution >= 0.6 is 0 Å². The average molecular weight is 391 g/mol. The fourth-order valence-electron chi connectivity index (χ4n) is 2.51. The van der Waals surface area contributed by atoms with Gasteiger partial charge in [-0.25, -0.2) is 0 Å². The number of ether oxygens (including phenoxy) is 2. The maximum atomic E-state index is 12.0. The lowest BCUT2D eigenvalue weighted by atomic mass is 9.97. The lowest BCUT2D eigenvalue weighted by Crippen LogP contribution is -2.44. The number of aromatic nitrogens is 1. The number of aromatic amines is 1. The second-order valence-electron chi connectivity index (χ2n) is 8.92. The maximum Gasteiger partial charge on any atom is 0.311 e. The predicted octanol–water partition coefficient (Wildman–Crippen LogP) is 3.78. The smallest absolute Gasteiger partial charge is 0.311 e. The fourth-order valence-corrected chi connectivity index (χ4v) is 2.51. The minimum atomic E-state index is -0.604. The molecule has 0 radical (unpaired) electrons. The van der Waals surface area contributed by atoms with Gasteiger partial charge >= 0.3 is 5.97 Å². The van der Waals surface area contributed by atoms with Crippen molar-refractivity contribution in [3.8, 4) is 5.75 Å². The van der Waals surface area contributed by atoms with Crippen LogP contribution in [-0.2, 0) is 16.1 Å². The highest BCUT2D eigenvalue weighted by Gasteiger charge is 2.23. The number of rotatable bonds is 9. The molecule has 0 saturated carbocycles. The van der Waals surface area contributed by atoms with Crippen LogP contribution in [-0.4, -0.2) is 40.9 Å². The van der Waals surface area contributed by atoms with Crippen molar-refractivity contribution >= 4 is 16.9 Å². The number of H-pyrrole nitrogens is 1. The molecule has 2 aromatic rings. The zero-order valence-electron chi connectivity index (χ0n) is 17.9. The molecule has 0 spiro atoms. The number of aliphatic hydroxyl groups excluding tert-OH is 1. The Morgan fingerprint density at radius 1 is 1.25 bits per heavy atom. The standard InChI is InChI=1S/C22H34N2O4/c1-7-22(5,6)23-12-16(25)14-27-19-10-8-9-18-17(19)11-15(24-18)13-28-20(26)21(2,3)4/h8-11,16,23-25H,7,12-14H2,1-6H3. The second-order valence-corrected chi connectivity index (χ2v) is 8.92. The van der Waals surface area contributed by atoms with Crippen molar-refractivity contribution in [2.24, 2.45) is 5.41 Å². The number of hydrogen-bond acceptors (Lipinski definition) is 5. The van der Waals surface area contributed by atoms with E-state index in [1.807, 2.05) is 45.0 Å². The summed E-state index contributed by atoms with van der Waals surface area (Å²) in [6, 6.07) is 7.63. The summed E-state index contributed by atoms with van der Waals surface area (Å²) >= 11 is 0. The summed E-state index contributed by atoms with van der Waals surface area (Å²) in [5.41, 5.74) is 1.16. The number of fused-ring (bicyclic) bond motifs is 1. The first kappa shape index (κ1) is 22.2. The number of carbonyl (C=O) groups is 1. The molecule has 0 bridgehead atoms. The maximum absolute atomic E-state index is 12.0. The van der Waals surface area contributed by atoms with E-state index in [0.717, 1.165) is 23.0 Å². The van der Waals surface area contributed by atoms with Crippen molar-refractivity contribution in [3.05, 3.63) is 30.0 Å². The van der Waals surface area contributed by atoms with Crippen LogP contribution in [0.25, 0.3) is 10.9 Å². The molecule has 6 heteroatoms. The molecule has 1 aromatic heterocycles. The molecule has 1 aromatic carbocycles. The van der Waals surface area contributed by atoms with Gasteiger partial charge in [0.05, 0.1) is 11.1 Å². The van der Waals surface area contributed by atoms with E-state index in [-0.39, 0.29) is 24.7 Å². The molecule has 156 valence electrons. The average Bonchev–Trinajstić information content (AvgIpc) is 3.05. The predicted molar refractivity (Wildman–Crippen MR) is 111 cm³/mol. The Bertz CT molecular complexity index is 789. The molecule has 1 unspecified atom stereocenters. The summed E-state index contributed by atoms with van der Waals surface area (Å²) in [4.78, 5) is 15.2. The Hall–Kier alpha value is -2.05. The van der Waals surface area contributed by atoms with Crippen molar-refractivity contribution in [3.63, 3.8) is 0 Å². The first-order valence-electron chi connectivity index (χ1n) is 9.85. The number of benzene rings is 1. The summed E-state index contributed by atoms with van der Waals surface area (Å²) < 4.78 is 11.2. The van der Waals surface area contributed by atoms with E-state index >= 15 is 0 Å². The number of esters is 1. The summed E-state index contributed by atoms with van der Waals surface area (Å²) in [5.74, 6) is 0.448. The summed E-state index contributed by atoms with van der Waals surface area (Å²) in [6.45, 7) is 12.7. The van der Waals surface area contributed by atoms with Gasteiger partial charge in [-0.3, -0.25) is 4.79 Å². The lowest BCUT2D eigenvalue weighted by Gasteiger charge is -2.26. The monoisotopic (exact) mass is 390 g/mol. The van der Waals surface area contributed by atoms with Crippen molar-refractivity contribution in [2.45, 2.75) is 66.2 Å². The molecule has 0 aliphatic heterocycles. The van der Waals surface area contributed by atoms with E-state index in [1.165, 1.54) is 0 Å². The first-order chi connectivity index (χ1) is 13.0. The SMILES string of the molecule is CCC(C)(C)NCC(O)COc1cccc2[nH]c(COC(=O)C(C)(C)C)cc12. The van der Waals surface area contributed by atoms with Crippen LogP contribution < -0.4 is 10.1 Å². The topological polar surface area (TPSA) is 83.6 Å². The van der Waals surface area contributed by atoms with Crippen LogP contribution in [0.3, 0.4) is 0 Å². The van der Waals surface area contributed by atoms with Crippen LogP contribution in [0.5, 0.6) is 5.75 Å². The third-order valence-electron chi connectivity index (χ3n) is 4.78. The minimum absolute atomic E-state index is 0.0129. The zero-order chi connectivity index (χ0) is 20.9. The molecule has 1 heterocycles. The van der Waals surface area contributed by atoms with E-state index in [2.05, 4.69) is 31.1 Å². The molecular weight excluding hydrogens is 356 g/mol. The lowest BCUT2D eigenvalue weighted by molar-refractivity contribution is -0.154. The first-order valence-corrected chi connectivity index (χ1v) is 9.85. The van der Waals surface area contributed by atoms with E-state index in [1.54, 1.807) is 0 Å². The van der Waals surface area contributed by atoms with Gasteiger partial charge in [-0.2, -0.15) is 0 Å². The third-order valence-corrected chi connectivity index (χ3v) is 4.78. The molecule has 6 nitrogen and oxygen atoms in total. The van der Waals surface area contributed by atoms with Crippen LogP contribution in [0.15, 0.2) is 24.3 Å². The zero-order valence-corrected chi connectivity index (χ0v) is 17.9. The van der Waals surface area contributed by atoms with Crippen LogP contribution in [0, 0.1) is 5.41 Å². The normalized spacial score (nSPS) is 13.5. The highest BCUT2D eigenvalue weighted by atomic mass is 16.5. The molecule has 28 heavy (non-hydrogen) atoms. The summed E-state index contributed by atoms with van der Waals surface area (Å²) in [7, 11) is 0. The van der Waals surface area contributed by atoms with Gasteiger partial charge in [0.25, 0.3) is 0 Å². The van der Waals surface area contributed by atoms with Gasteiger partial charge in [0, 0.05) is 23.0 Å². The molecular formula is C22H34N2O4. The van der Waals surface area contributed by atoms with Gasteiger partial charge < -0.3 is 24.9 Å². The third kappa shape index (κ3) is 6.24. The highest BCUT2D eigenvalue weighted by molar-refractivity contribution is 5.86. The van der Waals surface area contributed by atoms with E-state index in [0.29, 0.717) is 12.3 Å². The summed E-state index contributed by atoms with van der Waals surface area (Å²) in [5, 5.41) is 14.5. The Kier molecular flexibility index (Phi) is 7.12. The molecule has 0 amide bonds. The Morgan fingerprint density at radius 2 is 1.96 bits per heavy atom. The van der Waals surface area contributed by atoms with Gasteiger partial charge in [0.15, 0.2) is 0 Å². The molecule has 3 N–H and O–H groups in total. The van der Waals surface area contributed by atoms with Crippen molar-refractivity contribution < 1.29 is 19.4 Å². The van der Waals surface area contributed by atoms with Gasteiger partial charge in [0.2, 0.25) is 0 Å². The number of carbonyl (C=O) groups excluding carboxylic acids is 1. The Morgan fingerprint density at radius 3 is 2.61 bits per heavy atom. The molecule has 0 fully saturated rings. The Balaban J connectivity index is 1.98. The minimum Gasteiger partial charge on any atom is -0.490 e. The van der Waals surface area contributed by atoms with Gasteiger partial charge in [-0.1, -0.05) is 13.0 Å². The van der Waals surface area contributed by atoms with E-state index < -0.39 is 11.5 Å². The summed E-state index contributed by atoms with van der Waals surface area (Å²) in [6.07, 6.45) is 0.374. The quantitative estimate of drug-likeness (QED) is 0.568. The Labute approximate surface area is 167 Å². The number of aliphatic hydroxyl groups is 1.